The van der Waals surface area contributed by atoms with E-state index in [1.165, 1.54) is 6.21 Å². The van der Waals surface area contributed by atoms with E-state index >= 15 is 0 Å². The number of carbonyl (C=O) groups is 2. The predicted octanol–water partition coefficient (Wildman–Crippen LogP) is 2.88. The van der Waals surface area contributed by atoms with Gasteiger partial charge >= 0.3 is 5.97 Å². The number of hydrogen-bond donors (Lipinski definition) is 2. The second-order valence-electron chi connectivity index (χ2n) is 5.66. The molecule has 0 aromatic heterocycles. The summed E-state index contributed by atoms with van der Waals surface area (Å²) >= 11 is 1.04. The lowest BCUT2D eigenvalue weighted by Gasteiger charge is -2.09. The van der Waals surface area contributed by atoms with Crippen molar-refractivity contribution in [3.8, 4) is 17.2 Å². The highest BCUT2D eigenvalue weighted by molar-refractivity contribution is 8.15. The third-order valence-electron chi connectivity index (χ3n) is 3.67. The normalized spacial score (nSPS) is 17.7. The van der Waals surface area contributed by atoms with Crippen molar-refractivity contribution in [1.29, 1.82) is 0 Å². The van der Waals surface area contributed by atoms with E-state index in [0.717, 1.165) is 11.8 Å². The minimum Gasteiger partial charge on any atom is -0.497 e. The molecule has 0 spiro atoms. The van der Waals surface area contributed by atoms with Gasteiger partial charge in [-0.3, -0.25) is 9.59 Å². The molecule has 2 aromatic rings. The number of para-hydroxylation sites is 1. The van der Waals surface area contributed by atoms with Gasteiger partial charge in [0.15, 0.2) is 5.17 Å². The number of nitrogens with zero attached hydrogens (tertiary/aromatic N) is 2. The molecule has 1 aliphatic heterocycles. The summed E-state index contributed by atoms with van der Waals surface area (Å²) in [6.07, 6.45) is 1.23. The predicted molar refractivity (Wildman–Crippen MR) is 106 cm³/mol. The number of carboxylic acids is 1. The number of hydrogen-bond acceptors (Lipinski definition) is 7. The fourth-order valence-corrected chi connectivity index (χ4v) is 3.28. The monoisotopic (exact) mass is 399 g/mol. The highest BCUT2D eigenvalue weighted by atomic mass is 32.2. The van der Waals surface area contributed by atoms with Crippen LogP contribution in [-0.2, 0) is 9.59 Å². The van der Waals surface area contributed by atoms with Crippen LogP contribution >= 0.6 is 11.8 Å². The molecule has 1 heterocycles. The van der Waals surface area contributed by atoms with Gasteiger partial charge in [0, 0.05) is 11.6 Å². The van der Waals surface area contributed by atoms with Crippen LogP contribution in [0.15, 0.2) is 58.7 Å². The number of carbonyl (C=O) groups excluding carboxylic acids is 1. The van der Waals surface area contributed by atoms with Gasteiger partial charge in [0.1, 0.15) is 22.5 Å². The SMILES string of the molecule is COc1cccc(Oc2ccccc2C=NN=C2NC(=O)C(CC(=O)O)S2)c1. The molecular weight excluding hydrogens is 382 g/mol. The smallest absolute Gasteiger partial charge is 0.305 e. The van der Waals surface area contributed by atoms with Crippen molar-refractivity contribution < 1.29 is 24.2 Å². The molecule has 9 heteroatoms. The second kappa shape index (κ2) is 9.05. The van der Waals surface area contributed by atoms with E-state index in [2.05, 4.69) is 15.5 Å². The van der Waals surface area contributed by atoms with E-state index in [1.54, 1.807) is 19.2 Å². The first-order valence-electron chi connectivity index (χ1n) is 8.26. The van der Waals surface area contributed by atoms with Crippen molar-refractivity contribution >= 4 is 35.0 Å². The molecule has 0 radical (unpaired) electrons. The Balaban J connectivity index is 1.71. The van der Waals surface area contributed by atoms with Gasteiger partial charge in [-0.2, -0.15) is 5.10 Å². The van der Waals surface area contributed by atoms with Crippen LogP contribution in [-0.4, -0.2) is 40.7 Å². The number of methoxy groups -OCH3 is 1. The van der Waals surface area contributed by atoms with Gasteiger partial charge in [0.2, 0.25) is 5.91 Å². The third kappa shape index (κ3) is 5.10. The molecule has 2 N–H and O–H groups in total. The Labute approximate surface area is 165 Å². The van der Waals surface area contributed by atoms with Gasteiger partial charge in [-0.15, -0.1) is 5.10 Å². The summed E-state index contributed by atoms with van der Waals surface area (Å²) in [7, 11) is 1.58. The maximum Gasteiger partial charge on any atom is 0.305 e. The zero-order valence-electron chi connectivity index (χ0n) is 14.9. The molecule has 2 aromatic carbocycles. The van der Waals surface area contributed by atoms with Crippen molar-refractivity contribution in [2.45, 2.75) is 11.7 Å². The minimum absolute atomic E-state index is 0.263. The van der Waals surface area contributed by atoms with Gasteiger partial charge in [0.25, 0.3) is 0 Å². The first kappa shape index (κ1) is 19.4. The van der Waals surface area contributed by atoms with Crippen LogP contribution < -0.4 is 14.8 Å². The zero-order valence-corrected chi connectivity index (χ0v) is 15.7. The maximum absolute atomic E-state index is 11.7. The number of carboxylic acid groups (broad SMARTS) is 1. The Hall–Kier alpha value is -3.33. The summed E-state index contributed by atoms with van der Waals surface area (Å²) in [5, 5.41) is 18.8. The fourth-order valence-electron chi connectivity index (χ4n) is 2.36. The van der Waals surface area contributed by atoms with E-state index in [9.17, 15) is 9.59 Å². The Morgan fingerprint density at radius 3 is 2.82 bits per heavy atom. The molecule has 0 saturated carbocycles. The fraction of sp³-hybridized carbons (Fsp3) is 0.158. The molecule has 0 aliphatic carbocycles. The molecule has 8 nitrogen and oxygen atoms in total. The quantitative estimate of drug-likeness (QED) is 0.547. The van der Waals surface area contributed by atoms with Crippen LogP contribution in [0.1, 0.15) is 12.0 Å². The minimum atomic E-state index is -1.04. The number of benzene rings is 2. The first-order valence-corrected chi connectivity index (χ1v) is 9.14. The molecule has 144 valence electrons. The number of nitrogens with one attached hydrogen (secondary N) is 1. The van der Waals surface area contributed by atoms with Crippen LogP contribution in [0.5, 0.6) is 17.2 Å². The van der Waals surface area contributed by atoms with Gasteiger partial charge < -0.3 is 19.9 Å². The van der Waals surface area contributed by atoms with Gasteiger partial charge in [0.05, 0.1) is 19.7 Å². The van der Waals surface area contributed by atoms with E-state index < -0.39 is 11.2 Å². The Bertz CT molecular complexity index is 945. The topological polar surface area (TPSA) is 110 Å². The average molecular weight is 399 g/mol. The summed E-state index contributed by atoms with van der Waals surface area (Å²) < 4.78 is 11.1. The summed E-state index contributed by atoms with van der Waals surface area (Å²) in [5.74, 6) is 0.442. The van der Waals surface area contributed by atoms with E-state index in [0.29, 0.717) is 22.8 Å². The van der Waals surface area contributed by atoms with Gasteiger partial charge in [-0.05, 0) is 24.3 Å². The van der Waals surface area contributed by atoms with E-state index in [4.69, 9.17) is 14.6 Å². The number of amides is 1. The molecule has 0 bridgehead atoms. The van der Waals surface area contributed by atoms with Crippen molar-refractivity contribution in [3.05, 3.63) is 54.1 Å². The molecule has 1 unspecified atom stereocenters. The van der Waals surface area contributed by atoms with Crippen LogP contribution in [0.3, 0.4) is 0 Å². The molecule has 1 saturated heterocycles. The average Bonchev–Trinajstić information content (AvgIpc) is 3.02. The molecule has 28 heavy (non-hydrogen) atoms. The summed E-state index contributed by atoms with van der Waals surface area (Å²) in [5.41, 5.74) is 0.686. The van der Waals surface area contributed by atoms with Crippen LogP contribution in [0.25, 0.3) is 0 Å². The number of rotatable bonds is 7. The maximum atomic E-state index is 11.7. The summed E-state index contributed by atoms with van der Waals surface area (Å²) in [4.78, 5) is 22.5. The lowest BCUT2D eigenvalue weighted by atomic mass is 10.2. The lowest BCUT2D eigenvalue weighted by Crippen LogP contribution is -2.26. The molecular formula is C19H17N3O5S. The summed E-state index contributed by atoms with van der Waals surface area (Å²) in [6.45, 7) is 0. The zero-order chi connectivity index (χ0) is 19.9. The van der Waals surface area contributed by atoms with Crippen molar-refractivity contribution in [1.82, 2.24) is 5.32 Å². The molecule has 1 fully saturated rings. The van der Waals surface area contributed by atoms with E-state index in [1.807, 2.05) is 36.4 Å². The van der Waals surface area contributed by atoms with Crippen LogP contribution in [0.2, 0.25) is 0 Å². The largest absolute Gasteiger partial charge is 0.497 e. The van der Waals surface area contributed by atoms with Crippen LogP contribution in [0, 0.1) is 0 Å². The number of thioether (sulfide) groups is 1. The van der Waals surface area contributed by atoms with Gasteiger partial charge in [-0.25, -0.2) is 0 Å². The highest BCUT2D eigenvalue weighted by Crippen LogP contribution is 2.27. The van der Waals surface area contributed by atoms with Gasteiger partial charge in [-0.1, -0.05) is 30.0 Å². The van der Waals surface area contributed by atoms with Crippen molar-refractivity contribution in [3.63, 3.8) is 0 Å². The van der Waals surface area contributed by atoms with Crippen molar-refractivity contribution in [2.75, 3.05) is 7.11 Å². The standard InChI is InChI=1S/C19H17N3O5S/c1-26-13-6-4-7-14(9-13)27-15-8-3-2-5-12(15)11-20-22-19-21-18(25)16(28-19)10-17(23)24/h2-9,11,16H,10H2,1H3,(H,23,24)(H,21,22,25). The first-order chi connectivity index (χ1) is 13.5. The second-order valence-corrected chi connectivity index (χ2v) is 6.85. The Morgan fingerprint density at radius 1 is 1.25 bits per heavy atom. The molecule has 3 rings (SSSR count). The van der Waals surface area contributed by atoms with E-state index in [-0.39, 0.29) is 17.5 Å². The molecule has 1 aliphatic rings. The third-order valence-corrected chi connectivity index (χ3v) is 4.74. The number of amidine groups is 1. The number of aliphatic carboxylic acids is 1. The van der Waals surface area contributed by atoms with Crippen molar-refractivity contribution in [2.24, 2.45) is 10.2 Å². The highest BCUT2D eigenvalue weighted by Gasteiger charge is 2.32. The molecule has 1 amide bonds. The Kier molecular flexibility index (Phi) is 6.28. The Morgan fingerprint density at radius 2 is 2.04 bits per heavy atom. The molecule has 1 atom stereocenters. The number of ether oxygens (including phenoxy) is 2. The summed E-state index contributed by atoms with van der Waals surface area (Å²) in [6, 6.07) is 14.5. The van der Waals surface area contributed by atoms with Crippen LogP contribution in [0.4, 0.5) is 0 Å². The lowest BCUT2D eigenvalue weighted by molar-refractivity contribution is -0.138.